The molecule has 0 spiro atoms. The van der Waals surface area contributed by atoms with E-state index in [1.165, 1.54) is 0 Å². The molecule has 126 valence electrons. The molecule has 0 saturated heterocycles. The first-order chi connectivity index (χ1) is 11.2. The lowest BCUT2D eigenvalue weighted by Crippen LogP contribution is -2.12. The number of aromatic nitrogens is 4. The third-order valence-corrected chi connectivity index (χ3v) is 3.16. The minimum atomic E-state index is 0.120. The Morgan fingerprint density at radius 1 is 0.826 bits per heavy atom. The van der Waals surface area contributed by atoms with Gasteiger partial charge in [0.05, 0.1) is 0 Å². The minimum Gasteiger partial charge on any atom is -0.396 e. The molecular weight excluding hydrogens is 296 g/mol. The number of nitrogens with one attached hydrogen (secondary N) is 4. The van der Waals surface area contributed by atoms with Crippen molar-refractivity contribution in [1.82, 2.24) is 19.9 Å². The Labute approximate surface area is 135 Å². The third-order valence-electron chi connectivity index (χ3n) is 3.16. The van der Waals surface area contributed by atoms with Gasteiger partial charge >= 0.3 is 0 Å². The van der Waals surface area contributed by atoms with Gasteiger partial charge in [0.1, 0.15) is 11.0 Å². The van der Waals surface area contributed by atoms with Crippen LogP contribution in [-0.4, -0.2) is 58.8 Å². The normalized spacial score (nSPS) is 10.6. The zero-order valence-electron chi connectivity index (χ0n) is 13.8. The van der Waals surface area contributed by atoms with Crippen molar-refractivity contribution in [1.29, 1.82) is 0 Å². The fourth-order valence-electron chi connectivity index (χ4n) is 2.01. The van der Waals surface area contributed by atoms with E-state index < -0.39 is 0 Å². The van der Waals surface area contributed by atoms with Gasteiger partial charge in [-0.15, -0.1) is 0 Å². The van der Waals surface area contributed by atoms with E-state index in [0.717, 1.165) is 13.0 Å². The van der Waals surface area contributed by atoms with E-state index in [0.29, 0.717) is 47.5 Å². The summed E-state index contributed by atoms with van der Waals surface area (Å²) in [5.41, 5.74) is 1.29. The zero-order valence-corrected chi connectivity index (χ0v) is 13.8. The Balaban J connectivity index is 2.53. The van der Waals surface area contributed by atoms with Crippen LogP contribution in [0, 0.1) is 0 Å². The second-order valence-electron chi connectivity index (χ2n) is 4.92. The van der Waals surface area contributed by atoms with Gasteiger partial charge in [0.25, 0.3) is 0 Å². The number of hydrogen-bond acceptors (Lipinski definition) is 9. The Kier molecular flexibility index (Phi) is 6.10. The summed E-state index contributed by atoms with van der Waals surface area (Å²) >= 11 is 0. The lowest BCUT2D eigenvalue weighted by atomic mass is 10.3. The minimum absolute atomic E-state index is 0.120. The second kappa shape index (κ2) is 8.28. The molecule has 0 aliphatic carbocycles. The summed E-state index contributed by atoms with van der Waals surface area (Å²) in [7, 11) is 3.53. The smallest absolute Gasteiger partial charge is 0.225 e. The first-order valence-corrected chi connectivity index (χ1v) is 7.77. The number of aliphatic hydroxyl groups is 1. The molecule has 2 heterocycles. The molecule has 0 fully saturated rings. The molecule has 0 unspecified atom stereocenters. The van der Waals surface area contributed by atoms with Gasteiger partial charge in [0, 0.05) is 33.8 Å². The van der Waals surface area contributed by atoms with Gasteiger partial charge in [-0.3, -0.25) is 0 Å². The van der Waals surface area contributed by atoms with Gasteiger partial charge in [0.2, 0.25) is 11.9 Å². The SMILES string of the molecule is CCCNc1nc(NC)nc2c(NCCCO)nc(NC)nc12. The van der Waals surface area contributed by atoms with Gasteiger partial charge < -0.3 is 26.4 Å². The molecule has 0 amide bonds. The molecule has 2 aromatic rings. The van der Waals surface area contributed by atoms with Crippen LogP contribution in [0.4, 0.5) is 23.5 Å². The summed E-state index contributed by atoms with van der Waals surface area (Å²) in [4.78, 5) is 17.8. The number of anilines is 4. The van der Waals surface area contributed by atoms with Crippen LogP contribution >= 0.6 is 0 Å². The first kappa shape index (κ1) is 16.9. The Bertz CT molecular complexity index is 648. The largest absolute Gasteiger partial charge is 0.396 e. The Morgan fingerprint density at radius 3 is 1.78 bits per heavy atom. The summed E-state index contributed by atoms with van der Waals surface area (Å²) < 4.78 is 0. The molecule has 9 heteroatoms. The topological polar surface area (TPSA) is 120 Å². The standard InChI is InChI=1S/C14H24N8O/c1-4-6-17-11-9-10(20-13(15-2)21-11)12(18-7-5-8-23)22-14(16-3)19-9/h23H,4-8H2,1-3H3,(H2,15,17,20,21)(H2,16,18,19,22). The molecule has 0 saturated carbocycles. The number of rotatable bonds is 9. The average molecular weight is 320 g/mol. The molecule has 2 rings (SSSR count). The molecule has 9 nitrogen and oxygen atoms in total. The number of nitrogens with zero attached hydrogens (tertiary/aromatic N) is 4. The van der Waals surface area contributed by atoms with E-state index in [4.69, 9.17) is 5.11 Å². The maximum atomic E-state index is 8.95. The second-order valence-corrected chi connectivity index (χ2v) is 4.92. The van der Waals surface area contributed by atoms with Crippen LogP contribution in [0.15, 0.2) is 0 Å². The maximum absolute atomic E-state index is 8.95. The van der Waals surface area contributed by atoms with E-state index in [1.54, 1.807) is 14.1 Å². The molecule has 0 aliphatic rings. The maximum Gasteiger partial charge on any atom is 0.225 e. The number of fused-ring (bicyclic) bond motifs is 1. The summed E-state index contributed by atoms with van der Waals surface area (Å²) in [5, 5.41) is 21.3. The van der Waals surface area contributed by atoms with Crippen molar-refractivity contribution in [2.75, 3.05) is 55.1 Å². The highest BCUT2D eigenvalue weighted by molar-refractivity contribution is 5.94. The van der Waals surface area contributed by atoms with Crippen LogP contribution in [0.5, 0.6) is 0 Å². The molecule has 5 N–H and O–H groups in total. The summed E-state index contributed by atoms with van der Waals surface area (Å²) in [5.74, 6) is 2.28. The van der Waals surface area contributed by atoms with E-state index in [2.05, 4.69) is 48.1 Å². The zero-order chi connectivity index (χ0) is 16.7. The summed E-state index contributed by atoms with van der Waals surface area (Å²) in [6, 6.07) is 0. The van der Waals surface area contributed by atoms with Gasteiger partial charge in [-0.05, 0) is 12.8 Å². The van der Waals surface area contributed by atoms with E-state index in [1.807, 2.05) is 0 Å². The summed E-state index contributed by atoms with van der Waals surface area (Å²) in [6.45, 7) is 3.60. The molecule has 0 atom stereocenters. The van der Waals surface area contributed by atoms with Crippen molar-refractivity contribution in [3.63, 3.8) is 0 Å². The molecular formula is C14H24N8O. The van der Waals surface area contributed by atoms with Gasteiger partial charge in [-0.25, -0.2) is 9.97 Å². The van der Waals surface area contributed by atoms with E-state index >= 15 is 0 Å². The third kappa shape index (κ3) is 4.07. The van der Waals surface area contributed by atoms with Crippen molar-refractivity contribution < 1.29 is 5.11 Å². The highest BCUT2D eigenvalue weighted by Gasteiger charge is 2.15. The predicted octanol–water partition coefficient (Wildman–Crippen LogP) is 1.12. The van der Waals surface area contributed by atoms with Crippen LogP contribution in [0.1, 0.15) is 19.8 Å². The highest BCUT2D eigenvalue weighted by atomic mass is 16.3. The molecule has 0 bridgehead atoms. The van der Waals surface area contributed by atoms with E-state index in [9.17, 15) is 0 Å². The van der Waals surface area contributed by atoms with Crippen LogP contribution in [0.25, 0.3) is 11.0 Å². The van der Waals surface area contributed by atoms with Crippen molar-refractivity contribution in [3.05, 3.63) is 0 Å². The number of aliphatic hydroxyl groups excluding tert-OH is 1. The summed E-state index contributed by atoms with van der Waals surface area (Å²) in [6.07, 6.45) is 1.61. The highest BCUT2D eigenvalue weighted by Crippen LogP contribution is 2.26. The fraction of sp³-hybridized carbons (Fsp3) is 0.571. The van der Waals surface area contributed by atoms with Crippen molar-refractivity contribution >= 4 is 34.6 Å². The molecule has 0 radical (unpaired) electrons. The van der Waals surface area contributed by atoms with E-state index in [-0.39, 0.29) is 6.61 Å². The van der Waals surface area contributed by atoms with Gasteiger partial charge in [-0.2, -0.15) is 9.97 Å². The Morgan fingerprint density at radius 2 is 1.35 bits per heavy atom. The monoisotopic (exact) mass is 320 g/mol. The lowest BCUT2D eigenvalue weighted by Gasteiger charge is -2.13. The van der Waals surface area contributed by atoms with Crippen molar-refractivity contribution in [2.45, 2.75) is 19.8 Å². The Hall–Kier alpha value is -2.42. The van der Waals surface area contributed by atoms with Gasteiger partial charge in [0.15, 0.2) is 11.6 Å². The fourth-order valence-corrected chi connectivity index (χ4v) is 2.01. The molecule has 23 heavy (non-hydrogen) atoms. The quantitative estimate of drug-likeness (QED) is 0.433. The predicted molar refractivity (Wildman–Crippen MR) is 93.2 cm³/mol. The van der Waals surface area contributed by atoms with Crippen molar-refractivity contribution in [2.24, 2.45) is 0 Å². The number of hydrogen-bond donors (Lipinski definition) is 5. The van der Waals surface area contributed by atoms with Crippen LogP contribution < -0.4 is 21.3 Å². The lowest BCUT2D eigenvalue weighted by molar-refractivity contribution is 0.292. The van der Waals surface area contributed by atoms with Crippen LogP contribution in [0.2, 0.25) is 0 Å². The van der Waals surface area contributed by atoms with Crippen LogP contribution in [-0.2, 0) is 0 Å². The molecule has 0 aromatic carbocycles. The molecule has 2 aromatic heterocycles. The van der Waals surface area contributed by atoms with Gasteiger partial charge in [-0.1, -0.05) is 6.92 Å². The average Bonchev–Trinajstić information content (AvgIpc) is 2.59. The van der Waals surface area contributed by atoms with Crippen LogP contribution in [0.3, 0.4) is 0 Å². The molecule has 0 aliphatic heterocycles. The van der Waals surface area contributed by atoms with Crippen molar-refractivity contribution in [3.8, 4) is 0 Å². The first-order valence-electron chi connectivity index (χ1n) is 7.77.